The number of piperazine rings is 1. The highest BCUT2D eigenvalue weighted by Crippen LogP contribution is 2.26. The van der Waals surface area contributed by atoms with Crippen LogP contribution in [0.2, 0.25) is 0 Å². The standard InChI is InChI=1S/C10H14N6O2S/c11-12-9-6(13-14-19-9)4-15-5-8(17)16-3-1-2-7(16)10(15)18/h7,12H,1-5,11H2. The first-order valence-electron chi connectivity index (χ1n) is 6.07. The molecule has 9 heteroatoms. The van der Waals surface area contributed by atoms with Gasteiger partial charge in [0.05, 0.1) is 6.54 Å². The molecule has 1 aromatic rings. The summed E-state index contributed by atoms with van der Waals surface area (Å²) in [5.74, 6) is 5.35. The fraction of sp³-hybridized carbons (Fsp3) is 0.600. The van der Waals surface area contributed by atoms with Crippen molar-refractivity contribution >= 4 is 28.3 Å². The summed E-state index contributed by atoms with van der Waals surface area (Å²) in [6.45, 7) is 1.07. The molecule has 8 nitrogen and oxygen atoms in total. The monoisotopic (exact) mass is 282 g/mol. The Morgan fingerprint density at radius 1 is 1.47 bits per heavy atom. The number of carbonyl (C=O) groups excluding carboxylic acids is 2. The highest BCUT2D eigenvalue weighted by molar-refractivity contribution is 7.10. The van der Waals surface area contributed by atoms with E-state index in [-0.39, 0.29) is 30.9 Å². The number of nitrogen functional groups attached to an aromatic ring is 1. The summed E-state index contributed by atoms with van der Waals surface area (Å²) in [7, 11) is 0. The van der Waals surface area contributed by atoms with E-state index in [9.17, 15) is 9.59 Å². The molecule has 0 aromatic carbocycles. The van der Waals surface area contributed by atoms with Crippen LogP contribution in [0.5, 0.6) is 0 Å². The number of amides is 2. The quantitative estimate of drug-likeness (QED) is 0.553. The molecule has 3 heterocycles. The van der Waals surface area contributed by atoms with Crippen molar-refractivity contribution in [3.63, 3.8) is 0 Å². The molecular formula is C10H14N6O2S. The molecule has 2 aliphatic rings. The van der Waals surface area contributed by atoms with Crippen molar-refractivity contribution in [2.75, 3.05) is 18.5 Å². The number of hydrazine groups is 1. The third kappa shape index (κ3) is 2.04. The Balaban J connectivity index is 1.78. The number of nitrogens with one attached hydrogen (secondary N) is 1. The van der Waals surface area contributed by atoms with Gasteiger partial charge in [-0.25, -0.2) is 5.84 Å². The molecule has 1 aromatic heterocycles. The van der Waals surface area contributed by atoms with Crippen molar-refractivity contribution < 1.29 is 9.59 Å². The fourth-order valence-corrected chi connectivity index (χ4v) is 3.09. The number of nitrogens with two attached hydrogens (primary N) is 1. The lowest BCUT2D eigenvalue weighted by atomic mass is 10.1. The van der Waals surface area contributed by atoms with E-state index in [1.807, 2.05) is 0 Å². The molecule has 0 bridgehead atoms. The normalized spacial score (nSPS) is 22.9. The maximum absolute atomic E-state index is 12.3. The summed E-state index contributed by atoms with van der Waals surface area (Å²) in [5, 5.41) is 4.55. The van der Waals surface area contributed by atoms with Gasteiger partial charge in [-0.1, -0.05) is 4.49 Å². The second-order valence-electron chi connectivity index (χ2n) is 4.63. The SMILES string of the molecule is NNc1snnc1CN1CC(=O)N2CCCC2C1=O. The highest BCUT2D eigenvalue weighted by atomic mass is 32.1. The lowest BCUT2D eigenvalue weighted by molar-refractivity contribution is -0.154. The van der Waals surface area contributed by atoms with E-state index in [2.05, 4.69) is 15.0 Å². The van der Waals surface area contributed by atoms with Gasteiger partial charge in [0, 0.05) is 18.1 Å². The van der Waals surface area contributed by atoms with Crippen molar-refractivity contribution in [3.05, 3.63) is 5.69 Å². The number of carbonyl (C=O) groups is 2. The highest BCUT2D eigenvalue weighted by Gasteiger charge is 2.42. The number of hydrogen-bond donors (Lipinski definition) is 2. The smallest absolute Gasteiger partial charge is 0.246 e. The van der Waals surface area contributed by atoms with E-state index in [4.69, 9.17) is 5.84 Å². The summed E-state index contributed by atoms with van der Waals surface area (Å²) in [4.78, 5) is 27.5. The number of aromatic nitrogens is 2. The molecule has 2 fully saturated rings. The largest absolute Gasteiger partial charge is 0.329 e. The van der Waals surface area contributed by atoms with Crippen molar-refractivity contribution in [3.8, 4) is 0 Å². The van der Waals surface area contributed by atoms with Crippen LogP contribution in [0.1, 0.15) is 18.5 Å². The maximum Gasteiger partial charge on any atom is 0.246 e. The van der Waals surface area contributed by atoms with Gasteiger partial charge in [-0.15, -0.1) is 5.10 Å². The lowest BCUT2D eigenvalue weighted by Gasteiger charge is -2.36. The molecule has 3 N–H and O–H groups in total. The number of nitrogens with zero attached hydrogens (tertiary/aromatic N) is 4. The Morgan fingerprint density at radius 3 is 3.11 bits per heavy atom. The molecule has 0 saturated carbocycles. The van der Waals surface area contributed by atoms with Gasteiger partial charge in [0.25, 0.3) is 0 Å². The zero-order chi connectivity index (χ0) is 13.4. The predicted molar refractivity (Wildman–Crippen MR) is 67.9 cm³/mol. The van der Waals surface area contributed by atoms with E-state index in [1.165, 1.54) is 4.90 Å². The van der Waals surface area contributed by atoms with Crippen molar-refractivity contribution in [2.24, 2.45) is 5.84 Å². The Kier molecular flexibility index (Phi) is 3.07. The van der Waals surface area contributed by atoms with Crippen LogP contribution < -0.4 is 11.3 Å². The molecular weight excluding hydrogens is 268 g/mol. The Hall–Kier alpha value is -1.74. The number of hydrogen-bond acceptors (Lipinski definition) is 7. The van der Waals surface area contributed by atoms with E-state index in [0.717, 1.165) is 24.4 Å². The fourth-order valence-electron chi connectivity index (χ4n) is 2.60. The van der Waals surface area contributed by atoms with Gasteiger partial charge in [0.1, 0.15) is 23.3 Å². The average Bonchev–Trinajstić information content (AvgIpc) is 3.04. The Bertz CT molecular complexity index is 518. The third-order valence-corrected chi connectivity index (χ3v) is 4.22. The van der Waals surface area contributed by atoms with Crippen molar-refractivity contribution in [1.82, 2.24) is 19.4 Å². The molecule has 2 aliphatic heterocycles. The molecule has 3 rings (SSSR count). The van der Waals surface area contributed by atoms with Crippen LogP contribution in [-0.4, -0.2) is 50.3 Å². The van der Waals surface area contributed by atoms with Crippen LogP contribution in [0, 0.1) is 0 Å². The van der Waals surface area contributed by atoms with E-state index < -0.39 is 0 Å². The number of rotatable bonds is 3. The number of anilines is 1. The second kappa shape index (κ2) is 4.74. The molecule has 2 saturated heterocycles. The maximum atomic E-state index is 12.3. The van der Waals surface area contributed by atoms with Crippen LogP contribution in [-0.2, 0) is 16.1 Å². The molecule has 0 aliphatic carbocycles. The molecule has 1 atom stereocenters. The van der Waals surface area contributed by atoms with Crippen molar-refractivity contribution in [2.45, 2.75) is 25.4 Å². The third-order valence-electron chi connectivity index (χ3n) is 3.52. The molecule has 0 radical (unpaired) electrons. The summed E-state index contributed by atoms with van der Waals surface area (Å²) < 4.78 is 3.78. The Labute approximate surface area is 113 Å². The van der Waals surface area contributed by atoms with Crippen LogP contribution in [0.25, 0.3) is 0 Å². The van der Waals surface area contributed by atoms with Gasteiger partial charge in [-0.2, -0.15) is 0 Å². The summed E-state index contributed by atoms with van der Waals surface area (Å²) in [6.07, 6.45) is 1.64. The van der Waals surface area contributed by atoms with Crippen molar-refractivity contribution in [1.29, 1.82) is 0 Å². The Morgan fingerprint density at radius 2 is 2.32 bits per heavy atom. The van der Waals surface area contributed by atoms with Crippen LogP contribution in [0.4, 0.5) is 5.00 Å². The van der Waals surface area contributed by atoms with Crippen LogP contribution in [0.15, 0.2) is 0 Å². The lowest BCUT2D eigenvalue weighted by Crippen LogP contribution is -2.56. The van der Waals surface area contributed by atoms with Gasteiger partial charge < -0.3 is 15.2 Å². The molecule has 0 spiro atoms. The molecule has 19 heavy (non-hydrogen) atoms. The van der Waals surface area contributed by atoms with Gasteiger partial charge in [-0.05, 0) is 12.8 Å². The van der Waals surface area contributed by atoms with Gasteiger partial charge in [0.2, 0.25) is 11.8 Å². The van der Waals surface area contributed by atoms with E-state index in [0.29, 0.717) is 17.2 Å². The van der Waals surface area contributed by atoms with Gasteiger partial charge in [-0.3, -0.25) is 9.59 Å². The summed E-state index contributed by atoms with van der Waals surface area (Å²) >= 11 is 1.13. The van der Waals surface area contributed by atoms with Gasteiger partial charge in [0.15, 0.2) is 0 Å². The minimum Gasteiger partial charge on any atom is -0.329 e. The minimum atomic E-state index is -0.290. The molecule has 1 unspecified atom stereocenters. The van der Waals surface area contributed by atoms with Crippen LogP contribution in [0.3, 0.4) is 0 Å². The second-order valence-corrected chi connectivity index (χ2v) is 5.39. The first-order valence-corrected chi connectivity index (χ1v) is 6.84. The summed E-state index contributed by atoms with van der Waals surface area (Å²) in [5.41, 5.74) is 3.10. The summed E-state index contributed by atoms with van der Waals surface area (Å²) in [6, 6.07) is -0.290. The topological polar surface area (TPSA) is 104 Å². The molecule has 2 amide bonds. The van der Waals surface area contributed by atoms with E-state index in [1.54, 1.807) is 4.90 Å². The molecule has 102 valence electrons. The first kappa shape index (κ1) is 12.3. The van der Waals surface area contributed by atoms with Crippen LogP contribution >= 0.6 is 11.5 Å². The van der Waals surface area contributed by atoms with E-state index >= 15 is 0 Å². The zero-order valence-corrected chi connectivity index (χ0v) is 11.0. The number of fused-ring (bicyclic) bond motifs is 1. The zero-order valence-electron chi connectivity index (χ0n) is 10.2. The first-order chi connectivity index (χ1) is 9.20. The average molecular weight is 282 g/mol. The minimum absolute atomic E-state index is 0.00642. The van der Waals surface area contributed by atoms with Gasteiger partial charge >= 0.3 is 0 Å². The predicted octanol–water partition coefficient (Wildman–Crippen LogP) is -0.843.